The number of aromatic nitrogens is 2. The van der Waals surface area contributed by atoms with Gasteiger partial charge < -0.3 is 9.13 Å². The summed E-state index contributed by atoms with van der Waals surface area (Å²) in [6.45, 7) is 12.8. The zero-order chi connectivity index (χ0) is 47.0. The molecule has 13 rings (SSSR count). The van der Waals surface area contributed by atoms with Gasteiger partial charge in [-0.2, -0.15) is 0 Å². The molecule has 1 aliphatic carbocycles. The third-order valence-corrected chi connectivity index (χ3v) is 16.5. The number of rotatable bonds is 8. The molecule has 0 amide bonds. The van der Waals surface area contributed by atoms with Crippen molar-refractivity contribution in [2.24, 2.45) is 0 Å². The van der Waals surface area contributed by atoms with Crippen molar-refractivity contribution in [3.63, 3.8) is 0 Å². The first-order valence-corrected chi connectivity index (χ1v) is 25.5. The van der Waals surface area contributed by atoms with Gasteiger partial charge in [0, 0.05) is 79.7 Å². The maximum Gasteiger partial charge on any atom is 0.0625 e. The predicted octanol–water partition coefficient (Wildman–Crippen LogP) is 19.7. The Hall–Kier alpha value is -8.28. The summed E-state index contributed by atoms with van der Waals surface area (Å²) in [5, 5.41) is 5.09. The molecule has 1 aliphatic rings. The fourth-order valence-corrected chi connectivity index (χ4v) is 13.2. The molecule has 4 heteroatoms. The van der Waals surface area contributed by atoms with E-state index in [0.29, 0.717) is 0 Å². The van der Waals surface area contributed by atoms with Crippen LogP contribution < -0.4 is 0 Å². The SMILES string of the molecule is C=Cc1sc2ccc(-c3ccc(-n4c5c(c6ccccc64)-c4ccccc4-c4c(c(C=C)c(/C=C\C)n4-c4ccc(-c6ccc7sc8ccccc8c7c6)cc4)-c4ccccc4-5)cc3)cc2c1/C=C\C. The number of allylic oxidation sites excluding steroid dienone is 2. The van der Waals surface area contributed by atoms with Gasteiger partial charge in [-0.05, 0) is 120 Å². The summed E-state index contributed by atoms with van der Waals surface area (Å²) in [7, 11) is 0. The van der Waals surface area contributed by atoms with Crippen LogP contribution in [0.4, 0.5) is 0 Å². The van der Waals surface area contributed by atoms with E-state index in [1.54, 1.807) is 11.3 Å². The molecule has 0 bridgehead atoms. The maximum atomic E-state index is 4.52. The number of benzene rings is 8. The second-order valence-corrected chi connectivity index (χ2v) is 20.1. The average molecular weight is 931 g/mol. The van der Waals surface area contributed by atoms with E-state index in [2.05, 4.69) is 249 Å². The van der Waals surface area contributed by atoms with Crippen molar-refractivity contribution < 1.29 is 0 Å². The Bertz CT molecular complexity index is 4160. The van der Waals surface area contributed by atoms with Crippen molar-refractivity contribution in [3.05, 3.63) is 229 Å². The molecule has 0 saturated heterocycles. The molecule has 0 aliphatic heterocycles. The monoisotopic (exact) mass is 930 g/mol. The Morgan fingerprint density at radius 2 is 0.914 bits per heavy atom. The molecular weight excluding hydrogens is 885 g/mol. The summed E-state index contributed by atoms with van der Waals surface area (Å²) in [4.78, 5) is 1.20. The summed E-state index contributed by atoms with van der Waals surface area (Å²) in [6.07, 6.45) is 12.7. The highest BCUT2D eigenvalue weighted by Crippen LogP contribution is 2.55. The fourth-order valence-electron chi connectivity index (χ4n) is 11.1. The lowest BCUT2D eigenvalue weighted by Gasteiger charge is -2.23. The standard InChI is InChI=1S/C66H46N2S2/c1-5-17-48-55-39-43(31-37-61(55)69-59(48)8-4)41-29-35-46(36-30-41)68-58-25-15-13-24-54(58)64-51-21-10-12-23-53(51)65-63(50-20-9-11-22-52(50)66(64)68)47(7-3)57(18-6-2)67(65)45-33-27-42(28-34-45)44-32-38-62-56(40-44)49-19-14-16-26-60(49)70-62/h5-40H,3-4H2,1-2H3/b17-5-,18-6-,63-50?,64-51?,65-53?,66-52?. The van der Waals surface area contributed by atoms with Crippen molar-refractivity contribution >= 4 is 88.1 Å². The lowest BCUT2D eigenvalue weighted by atomic mass is 9.84. The first kappa shape index (κ1) is 41.9. The van der Waals surface area contributed by atoms with Gasteiger partial charge in [0.05, 0.1) is 22.6 Å². The molecule has 0 spiro atoms. The van der Waals surface area contributed by atoms with E-state index in [4.69, 9.17) is 0 Å². The minimum atomic E-state index is 1.09. The molecular formula is C66H46N2S2. The summed E-state index contributed by atoms with van der Waals surface area (Å²) >= 11 is 3.65. The number of fused-ring (bicyclic) bond motifs is 14. The largest absolute Gasteiger partial charge is 0.309 e. The van der Waals surface area contributed by atoms with Gasteiger partial charge in [0.1, 0.15) is 0 Å². The highest BCUT2D eigenvalue weighted by Gasteiger charge is 2.33. The van der Waals surface area contributed by atoms with Crippen LogP contribution in [-0.2, 0) is 0 Å². The smallest absolute Gasteiger partial charge is 0.0625 e. The third-order valence-electron chi connectivity index (χ3n) is 14.1. The Morgan fingerprint density at radius 3 is 1.56 bits per heavy atom. The highest BCUT2D eigenvalue weighted by atomic mass is 32.1. The molecule has 0 N–H and O–H groups in total. The quantitative estimate of drug-likeness (QED) is 0.144. The van der Waals surface area contributed by atoms with E-state index >= 15 is 0 Å². The van der Waals surface area contributed by atoms with Crippen LogP contribution in [0.25, 0.3) is 144 Å². The van der Waals surface area contributed by atoms with Gasteiger partial charge in [-0.3, -0.25) is 0 Å². The van der Waals surface area contributed by atoms with E-state index in [-0.39, 0.29) is 0 Å². The van der Waals surface area contributed by atoms with Gasteiger partial charge in [0.2, 0.25) is 0 Å². The molecule has 0 unspecified atom stereocenters. The van der Waals surface area contributed by atoms with Crippen molar-refractivity contribution in [2.75, 3.05) is 0 Å². The molecule has 0 fully saturated rings. The second kappa shape index (κ2) is 16.7. The Kier molecular flexibility index (Phi) is 10.0. The summed E-state index contributed by atoms with van der Waals surface area (Å²) < 4.78 is 8.86. The highest BCUT2D eigenvalue weighted by molar-refractivity contribution is 7.25. The number of hydrogen-bond acceptors (Lipinski definition) is 2. The van der Waals surface area contributed by atoms with Crippen LogP contribution in [0.3, 0.4) is 0 Å². The van der Waals surface area contributed by atoms with Gasteiger partial charge in [0.15, 0.2) is 0 Å². The number of para-hydroxylation sites is 1. The van der Waals surface area contributed by atoms with Crippen LogP contribution in [0.2, 0.25) is 0 Å². The maximum absolute atomic E-state index is 4.52. The molecule has 8 aromatic carbocycles. The van der Waals surface area contributed by atoms with Crippen LogP contribution in [0, 0.1) is 0 Å². The Balaban J connectivity index is 1.01. The van der Waals surface area contributed by atoms with Gasteiger partial charge >= 0.3 is 0 Å². The topological polar surface area (TPSA) is 9.86 Å². The second-order valence-electron chi connectivity index (χ2n) is 17.9. The first-order chi connectivity index (χ1) is 34.6. The number of thiophene rings is 2. The van der Waals surface area contributed by atoms with Gasteiger partial charge in [-0.1, -0.05) is 165 Å². The molecule has 4 aromatic heterocycles. The average Bonchev–Trinajstić information content (AvgIpc) is 4.15. The molecule has 12 aromatic rings. The van der Waals surface area contributed by atoms with Crippen LogP contribution in [0.15, 0.2) is 207 Å². The van der Waals surface area contributed by atoms with Crippen molar-refractivity contribution in [1.29, 1.82) is 0 Å². The minimum Gasteiger partial charge on any atom is -0.309 e. The normalized spacial score (nSPS) is 12.1. The zero-order valence-electron chi connectivity index (χ0n) is 38.9. The molecule has 0 radical (unpaired) electrons. The van der Waals surface area contributed by atoms with Crippen molar-refractivity contribution in [3.8, 4) is 78.4 Å². The number of hydrogen-bond donors (Lipinski definition) is 0. The van der Waals surface area contributed by atoms with Gasteiger partial charge in [-0.15, -0.1) is 22.7 Å². The van der Waals surface area contributed by atoms with E-state index in [0.717, 1.165) is 33.8 Å². The zero-order valence-corrected chi connectivity index (χ0v) is 40.5. The van der Waals surface area contributed by atoms with Crippen LogP contribution in [0.5, 0.6) is 0 Å². The van der Waals surface area contributed by atoms with Crippen LogP contribution in [0.1, 0.15) is 35.5 Å². The van der Waals surface area contributed by atoms with Crippen molar-refractivity contribution in [2.45, 2.75) is 13.8 Å². The summed E-state index contributed by atoms with van der Waals surface area (Å²) in [5.41, 5.74) is 21.0. The van der Waals surface area contributed by atoms with Crippen LogP contribution in [-0.4, -0.2) is 9.13 Å². The molecule has 332 valence electrons. The Labute approximate surface area is 416 Å². The van der Waals surface area contributed by atoms with Gasteiger partial charge in [0.25, 0.3) is 0 Å². The number of nitrogens with zero attached hydrogens (tertiary/aromatic N) is 2. The first-order valence-electron chi connectivity index (χ1n) is 23.9. The lowest BCUT2D eigenvalue weighted by molar-refractivity contribution is 1.07. The van der Waals surface area contributed by atoms with Crippen LogP contribution >= 0.6 is 22.7 Å². The van der Waals surface area contributed by atoms with E-state index < -0.39 is 0 Å². The van der Waals surface area contributed by atoms with E-state index in [9.17, 15) is 0 Å². The third kappa shape index (κ3) is 6.38. The molecule has 0 saturated carbocycles. The molecule has 2 nitrogen and oxygen atoms in total. The van der Waals surface area contributed by atoms with E-state index in [1.807, 2.05) is 17.4 Å². The van der Waals surface area contributed by atoms with Gasteiger partial charge in [-0.25, -0.2) is 0 Å². The fraction of sp³-hybridized carbons (Fsp3) is 0.0303. The molecule has 4 heterocycles. The molecule has 70 heavy (non-hydrogen) atoms. The molecule has 0 atom stereocenters. The predicted molar refractivity (Wildman–Crippen MR) is 307 cm³/mol. The summed E-state index contributed by atoms with van der Waals surface area (Å²) in [5.74, 6) is 0. The minimum absolute atomic E-state index is 1.09. The lowest BCUT2D eigenvalue weighted by Crippen LogP contribution is -2.04. The van der Waals surface area contributed by atoms with E-state index in [1.165, 1.54) is 107 Å². The van der Waals surface area contributed by atoms with Crippen molar-refractivity contribution in [1.82, 2.24) is 9.13 Å². The summed E-state index contributed by atoms with van der Waals surface area (Å²) in [6, 6.07) is 67.7. The Morgan fingerprint density at radius 1 is 0.400 bits per heavy atom.